The number of nitro groups is 2. The summed E-state index contributed by atoms with van der Waals surface area (Å²) >= 11 is 0. The second kappa shape index (κ2) is 16.5. The van der Waals surface area contributed by atoms with Gasteiger partial charge in [-0.3, -0.25) is 39.4 Å². The normalized spacial score (nSPS) is 18.0. The number of primary amides is 1. The van der Waals surface area contributed by atoms with Crippen LogP contribution >= 0.6 is 0 Å². The van der Waals surface area contributed by atoms with Crippen molar-refractivity contribution in [2.75, 3.05) is 32.1 Å². The van der Waals surface area contributed by atoms with Crippen LogP contribution in [0.4, 0.5) is 17.1 Å². The number of hydrogen-bond acceptors (Lipinski definition) is 12. The molecule has 2 fully saturated rings. The van der Waals surface area contributed by atoms with Crippen LogP contribution in [0.15, 0.2) is 51.7 Å². The maximum absolute atomic E-state index is 13.9. The van der Waals surface area contributed by atoms with Gasteiger partial charge < -0.3 is 41.1 Å². The molecule has 0 bridgehead atoms. The Balaban J connectivity index is 1.19. The fourth-order valence-electron chi connectivity index (χ4n) is 6.86. The van der Waals surface area contributed by atoms with Gasteiger partial charge in [0, 0.05) is 56.1 Å². The van der Waals surface area contributed by atoms with E-state index in [0.717, 1.165) is 12.1 Å². The molecule has 53 heavy (non-hydrogen) atoms. The molecule has 2 aliphatic heterocycles. The number of fused-ring (bicyclic) bond motifs is 1. The number of nitro benzene ring substituents is 2. The number of rotatable bonds is 15. The van der Waals surface area contributed by atoms with Gasteiger partial charge in [-0.25, -0.2) is 4.79 Å². The molecule has 19 nitrogen and oxygen atoms in total. The second-order valence-electron chi connectivity index (χ2n) is 13.0. The molecule has 4 unspecified atom stereocenters. The first kappa shape index (κ1) is 38.1. The SMILES string of the molecule is COc1ccc2c(CC(NC(=O)C3CCCN3C(=O)C3CCCN3C(=O)C([NH3+])CCCNc3ccc([N+](=O)[O-])cc3[N+](=O)[O-])C(N)=O)cc(=O)oc2c1. The molecule has 2 aromatic carbocycles. The summed E-state index contributed by atoms with van der Waals surface area (Å²) in [6.07, 6.45) is 2.39. The highest BCUT2D eigenvalue weighted by molar-refractivity contribution is 5.95. The molecule has 0 radical (unpaired) electrons. The van der Waals surface area contributed by atoms with E-state index in [4.69, 9.17) is 14.9 Å². The van der Waals surface area contributed by atoms with Gasteiger partial charge in [0.1, 0.15) is 35.1 Å². The lowest BCUT2D eigenvalue weighted by atomic mass is 10.0. The largest absolute Gasteiger partial charge is 0.497 e. The number of nitrogens with one attached hydrogen (secondary N) is 2. The molecule has 2 saturated heterocycles. The lowest BCUT2D eigenvalue weighted by Gasteiger charge is -2.32. The monoisotopic (exact) mass is 737 g/mol. The fraction of sp³-hybridized carbons (Fsp3) is 0.441. The minimum Gasteiger partial charge on any atom is -0.497 e. The third kappa shape index (κ3) is 8.68. The number of hydrogen-bond donors (Lipinski definition) is 4. The number of quaternary nitrogens is 1. The molecule has 5 rings (SSSR count). The van der Waals surface area contributed by atoms with Gasteiger partial charge in [0.05, 0.1) is 23.0 Å². The number of ether oxygens (including phenoxy) is 1. The molecule has 0 saturated carbocycles. The van der Waals surface area contributed by atoms with Gasteiger partial charge in [-0.1, -0.05) is 0 Å². The van der Waals surface area contributed by atoms with Crippen LogP contribution < -0.4 is 32.5 Å². The molecule has 2 aliphatic rings. The van der Waals surface area contributed by atoms with Crippen LogP contribution in [0.2, 0.25) is 0 Å². The van der Waals surface area contributed by atoms with Crippen LogP contribution in [0.3, 0.4) is 0 Å². The molecule has 0 spiro atoms. The lowest BCUT2D eigenvalue weighted by Crippen LogP contribution is -2.69. The van der Waals surface area contributed by atoms with E-state index in [2.05, 4.69) is 16.4 Å². The van der Waals surface area contributed by atoms with E-state index >= 15 is 0 Å². The summed E-state index contributed by atoms with van der Waals surface area (Å²) in [5.41, 5.74) is 8.92. The highest BCUT2D eigenvalue weighted by Gasteiger charge is 2.44. The number of nitrogens with zero attached hydrogens (tertiary/aromatic N) is 4. The highest BCUT2D eigenvalue weighted by Crippen LogP contribution is 2.30. The summed E-state index contributed by atoms with van der Waals surface area (Å²) in [4.78, 5) is 89.7. The van der Waals surface area contributed by atoms with Crippen molar-refractivity contribution in [3.8, 4) is 5.75 Å². The summed E-state index contributed by atoms with van der Waals surface area (Å²) in [5.74, 6) is -1.68. The van der Waals surface area contributed by atoms with Crippen LogP contribution in [0.5, 0.6) is 5.75 Å². The summed E-state index contributed by atoms with van der Waals surface area (Å²) < 4.78 is 10.5. The topological polar surface area (TPSA) is 278 Å². The van der Waals surface area contributed by atoms with Crippen molar-refractivity contribution < 1.29 is 43.9 Å². The van der Waals surface area contributed by atoms with E-state index in [-0.39, 0.29) is 42.6 Å². The first-order valence-corrected chi connectivity index (χ1v) is 17.1. The van der Waals surface area contributed by atoms with Crippen LogP contribution in [-0.2, 0) is 25.6 Å². The average molecular weight is 738 g/mol. The van der Waals surface area contributed by atoms with Crippen LogP contribution in [0, 0.1) is 20.2 Å². The number of benzene rings is 2. The van der Waals surface area contributed by atoms with Crippen LogP contribution in [0.1, 0.15) is 44.1 Å². The lowest BCUT2D eigenvalue weighted by molar-refractivity contribution is -0.407. The smallest absolute Gasteiger partial charge is 0.336 e. The van der Waals surface area contributed by atoms with Gasteiger partial charge in [0.15, 0.2) is 6.04 Å². The van der Waals surface area contributed by atoms with E-state index in [1.54, 1.807) is 12.1 Å². The quantitative estimate of drug-likeness (QED) is 0.0723. The second-order valence-corrected chi connectivity index (χ2v) is 13.0. The minimum absolute atomic E-state index is 0.103. The number of nitrogens with two attached hydrogens (primary N) is 1. The third-order valence-electron chi connectivity index (χ3n) is 9.56. The molecule has 1 aromatic heterocycles. The van der Waals surface area contributed by atoms with Gasteiger partial charge in [0.25, 0.3) is 17.3 Å². The van der Waals surface area contributed by atoms with E-state index in [1.165, 1.54) is 35.1 Å². The molecule has 3 aromatic rings. The van der Waals surface area contributed by atoms with Gasteiger partial charge >= 0.3 is 5.63 Å². The number of carbonyl (C=O) groups is 4. The van der Waals surface area contributed by atoms with Gasteiger partial charge in [-0.05, 0) is 55.9 Å². The molecular weight excluding hydrogens is 696 g/mol. The van der Waals surface area contributed by atoms with E-state index in [1.807, 2.05) is 0 Å². The van der Waals surface area contributed by atoms with Crippen molar-refractivity contribution in [1.82, 2.24) is 15.1 Å². The van der Waals surface area contributed by atoms with Crippen molar-refractivity contribution in [2.45, 2.75) is 69.1 Å². The van der Waals surface area contributed by atoms with Gasteiger partial charge in [-0.15, -0.1) is 0 Å². The Morgan fingerprint density at radius 2 is 1.74 bits per heavy atom. The van der Waals surface area contributed by atoms with Crippen molar-refractivity contribution >= 4 is 51.7 Å². The summed E-state index contributed by atoms with van der Waals surface area (Å²) in [6, 6.07) is 5.73. The zero-order valence-electron chi connectivity index (χ0n) is 29.0. The average Bonchev–Trinajstić information content (AvgIpc) is 3.83. The molecule has 4 atom stereocenters. The van der Waals surface area contributed by atoms with Crippen molar-refractivity contribution in [1.29, 1.82) is 0 Å². The Kier molecular flexibility index (Phi) is 11.9. The molecular formula is C34H41N8O11+. The predicted octanol–water partition coefficient (Wildman–Crippen LogP) is 0.615. The Hall–Kier alpha value is -6.11. The zero-order valence-corrected chi connectivity index (χ0v) is 29.0. The number of amides is 4. The Labute approximate surface area is 301 Å². The predicted molar refractivity (Wildman–Crippen MR) is 187 cm³/mol. The van der Waals surface area contributed by atoms with Crippen molar-refractivity contribution in [2.24, 2.45) is 5.73 Å². The van der Waals surface area contributed by atoms with Crippen LogP contribution in [0.25, 0.3) is 11.0 Å². The fourth-order valence-corrected chi connectivity index (χ4v) is 6.86. The first-order chi connectivity index (χ1) is 25.3. The zero-order chi connectivity index (χ0) is 38.4. The third-order valence-corrected chi connectivity index (χ3v) is 9.56. The van der Waals surface area contributed by atoms with E-state index in [0.29, 0.717) is 61.8 Å². The molecule has 282 valence electrons. The standard InChI is InChI=1S/C34H40N8O11/c1-52-21-9-10-22-19(16-30(43)53-29(22)18-21)15-25(31(36)44)38-32(45)26-6-3-13-39(26)34(47)27-7-4-14-40(27)33(46)23(35)5-2-12-37-24-11-8-20(41(48)49)17-28(24)42(50)51/h8-11,16-18,23,25-27,37H,2-7,12-15,35H2,1H3,(H2,36,44)(H,38,45)/p+1. The van der Waals surface area contributed by atoms with Gasteiger partial charge in [-0.2, -0.15) is 0 Å². The molecule has 0 aliphatic carbocycles. The van der Waals surface area contributed by atoms with Crippen LogP contribution in [-0.4, -0.2) is 94.2 Å². The maximum Gasteiger partial charge on any atom is 0.336 e. The van der Waals surface area contributed by atoms with Crippen molar-refractivity contribution in [3.63, 3.8) is 0 Å². The highest BCUT2D eigenvalue weighted by atomic mass is 16.6. The van der Waals surface area contributed by atoms with Gasteiger partial charge in [0.2, 0.25) is 17.7 Å². The maximum atomic E-state index is 13.9. The van der Waals surface area contributed by atoms with E-state index in [9.17, 15) is 44.2 Å². The minimum atomic E-state index is -1.20. The first-order valence-electron chi connectivity index (χ1n) is 17.1. The summed E-state index contributed by atoms with van der Waals surface area (Å²) in [6.45, 7) is 0.824. The Morgan fingerprint density at radius 3 is 2.42 bits per heavy atom. The molecule has 7 N–H and O–H groups in total. The molecule has 19 heteroatoms. The van der Waals surface area contributed by atoms with Crippen molar-refractivity contribution in [3.05, 3.63) is 78.7 Å². The number of non-ortho nitro benzene ring substituents is 1. The number of likely N-dealkylation sites (tertiary alicyclic amines) is 2. The van der Waals surface area contributed by atoms with E-state index < -0.39 is 62.8 Å². The Bertz CT molecular complexity index is 1990. The molecule has 4 amide bonds. The molecule has 3 heterocycles. The number of carbonyl (C=O) groups excluding carboxylic acids is 4. The number of methoxy groups -OCH3 is 1. The summed E-state index contributed by atoms with van der Waals surface area (Å²) in [7, 11) is 1.47. The number of anilines is 1. The summed E-state index contributed by atoms with van der Waals surface area (Å²) in [5, 5.41) is 28.5. The Morgan fingerprint density at radius 1 is 1.02 bits per heavy atom.